The molecule has 5 nitrogen and oxygen atoms in total. The molecule has 1 N–H and O–H groups in total. The van der Waals surface area contributed by atoms with E-state index < -0.39 is 0 Å². The van der Waals surface area contributed by atoms with Gasteiger partial charge in [-0.05, 0) is 43.9 Å². The van der Waals surface area contributed by atoms with E-state index in [0.717, 1.165) is 28.7 Å². The summed E-state index contributed by atoms with van der Waals surface area (Å²) >= 11 is 1.74. The molecule has 0 bridgehead atoms. The number of aromatic nitrogens is 1. The third kappa shape index (κ3) is 3.02. The number of nitrogens with zero attached hydrogens (tertiary/aromatic N) is 3. The standard InChI is InChI=1S/C17H18N4OS/c18-10-11-5-7-21(8-6-11)17(22)19-13-3-4-14-15(9-13)23-16(20-14)12-1-2-12/h3-4,9,11-12H,1-2,5-8H2,(H,19,22). The topological polar surface area (TPSA) is 69.0 Å². The van der Waals surface area contributed by atoms with Gasteiger partial charge in [0.15, 0.2) is 0 Å². The molecule has 23 heavy (non-hydrogen) atoms. The molecule has 2 heterocycles. The molecule has 1 aliphatic carbocycles. The lowest BCUT2D eigenvalue weighted by Crippen LogP contribution is -2.40. The van der Waals surface area contributed by atoms with Crippen LogP contribution in [0.4, 0.5) is 10.5 Å². The minimum atomic E-state index is -0.0762. The monoisotopic (exact) mass is 326 g/mol. The fourth-order valence-corrected chi connectivity index (χ4v) is 4.12. The van der Waals surface area contributed by atoms with Crippen molar-refractivity contribution >= 4 is 33.3 Å². The van der Waals surface area contributed by atoms with E-state index in [1.54, 1.807) is 16.2 Å². The van der Waals surface area contributed by atoms with Crippen molar-refractivity contribution in [2.75, 3.05) is 18.4 Å². The van der Waals surface area contributed by atoms with Gasteiger partial charge in [0, 0.05) is 30.6 Å². The maximum atomic E-state index is 12.3. The number of likely N-dealkylation sites (tertiary alicyclic amines) is 1. The molecule has 2 fully saturated rings. The molecule has 1 aromatic carbocycles. The van der Waals surface area contributed by atoms with Gasteiger partial charge in [-0.25, -0.2) is 9.78 Å². The summed E-state index contributed by atoms with van der Waals surface area (Å²) in [6.07, 6.45) is 4.04. The zero-order valence-corrected chi connectivity index (χ0v) is 13.6. The predicted molar refractivity (Wildman–Crippen MR) is 90.5 cm³/mol. The first-order valence-electron chi connectivity index (χ1n) is 8.09. The number of amides is 2. The van der Waals surface area contributed by atoms with Crippen molar-refractivity contribution in [2.24, 2.45) is 5.92 Å². The van der Waals surface area contributed by atoms with Crippen molar-refractivity contribution in [1.82, 2.24) is 9.88 Å². The second-order valence-electron chi connectivity index (χ2n) is 6.33. The summed E-state index contributed by atoms with van der Waals surface area (Å²) in [5, 5.41) is 13.1. The number of rotatable bonds is 2. The van der Waals surface area contributed by atoms with E-state index in [-0.39, 0.29) is 11.9 Å². The first kappa shape index (κ1) is 14.5. The van der Waals surface area contributed by atoms with Crippen molar-refractivity contribution in [3.05, 3.63) is 23.2 Å². The molecule has 6 heteroatoms. The highest BCUT2D eigenvalue weighted by Gasteiger charge is 2.27. The summed E-state index contributed by atoms with van der Waals surface area (Å²) in [5.41, 5.74) is 1.83. The van der Waals surface area contributed by atoms with Crippen molar-refractivity contribution in [1.29, 1.82) is 5.26 Å². The maximum absolute atomic E-state index is 12.3. The highest BCUT2D eigenvalue weighted by molar-refractivity contribution is 7.18. The number of benzene rings is 1. The summed E-state index contributed by atoms with van der Waals surface area (Å²) in [5.74, 6) is 0.750. The van der Waals surface area contributed by atoms with Crippen LogP contribution >= 0.6 is 11.3 Å². The van der Waals surface area contributed by atoms with Gasteiger partial charge in [-0.1, -0.05) is 0 Å². The van der Waals surface area contributed by atoms with Crippen molar-refractivity contribution in [3.63, 3.8) is 0 Å². The van der Waals surface area contributed by atoms with Crippen molar-refractivity contribution < 1.29 is 4.79 Å². The zero-order chi connectivity index (χ0) is 15.8. The molecule has 1 saturated carbocycles. The molecule has 1 saturated heterocycles. The van der Waals surface area contributed by atoms with Crippen LogP contribution in [0.5, 0.6) is 0 Å². The summed E-state index contributed by atoms with van der Waals surface area (Å²) in [7, 11) is 0. The molecular formula is C17H18N4OS. The highest BCUT2D eigenvalue weighted by atomic mass is 32.1. The molecule has 118 valence electrons. The minimum absolute atomic E-state index is 0.0762. The van der Waals surface area contributed by atoms with Crippen molar-refractivity contribution in [3.8, 4) is 6.07 Å². The van der Waals surface area contributed by atoms with E-state index in [0.29, 0.717) is 19.0 Å². The van der Waals surface area contributed by atoms with Crippen LogP contribution in [0.1, 0.15) is 36.6 Å². The number of urea groups is 1. The predicted octanol–water partition coefficient (Wildman–Crippen LogP) is 3.94. The largest absolute Gasteiger partial charge is 0.324 e. The molecule has 1 aliphatic heterocycles. The Morgan fingerprint density at radius 3 is 2.78 bits per heavy atom. The van der Waals surface area contributed by atoms with Crippen LogP contribution < -0.4 is 5.32 Å². The smallest absolute Gasteiger partial charge is 0.321 e. The molecule has 2 aromatic rings. The number of thiazole rings is 1. The number of fused-ring (bicyclic) bond motifs is 1. The lowest BCUT2D eigenvalue weighted by molar-refractivity contribution is 0.192. The summed E-state index contributed by atoms with van der Waals surface area (Å²) in [6, 6.07) is 8.12. The van der Waals surface area contributed by atoms with Gasteiger partial charge < -0.3 is 10.2 Å². The third-order valence-corrected chi connectivity index (χ3v) is 5.73. The molecule has 2 amide bonds. The summed E-state index contributed by atoms with van der Waals surface area (Å²) in [6.45, 7) is 1.30. The number of piperidine rings is 1. The highest BCUT2D eigenvalue weighted by Crippen LogP contribution is 2.43. The Bertz CT molecular complexity index is 781. The van der Waals surface area contributed by atoms with Gasteiger partial charge in [-0.3, -0.25) is 0 Å². The van der Waals surface area contributed by atoms with E-state index in [4.69, 9.17) is 5.26 Å². The normalized spacial score (nSPS) is 18.8. The Hall–Kier alpha value is -2.13. The van der Waals surface area contributed by atoms with Gasteiger partial charge in [0.1, 0.15) is 0 Å². The first-order valence-corrected chi connectivity index (χ1v) is 8.90. The average Bonchev–Trinajstić information content (AvgIpc) is 3.34. The number of anilines is 1. The number of hydrogen-bond donors (Lipinski definition) is 1. The fraction of sp³-hybridized carbons (Fsp3) is 0.471. The Morgan fingerprint density at radius 2 is 2.09 bits per heavy atom. The summed E-state index contributed by atoms with van der Waals surface area (Å²) in [4.78, 5) is 18.8. The second kappa shape index (κ2) is 5.82. The molecule has 0 spiro atoms. The quantitative estimate of drug-likeness (QED) is 0.908. The van der Waals surface area contributed by atoms with Gasteiger partial charge in [-0.2, -0.15) is 5.26 Å². The number of nitrogens with one attached hydrogen (secondary N) is 1. The van der Waals surface area contributed by atoms with Gasteiger partial charge in [0.05, 0.1) is 21.3 Å². The number of nitriles is 1. The van der Waals surface area contributed by atoms with E-state index in [1.165, 1.54) is 17.8 Å². The minimum Gasteiger partial charge on any atom is -0.324 e. The van der Waals surface area contributed by atoms with E-state index in [9.17, 15) is 4.79 Å². The fourth-order valence-electron chi connectivity index (χ4n) is 2.94. The van der Waals surface area contributed by atoms with Gasteiger partial charge in [0.25, 0.3) is 0 Å². The number of carbonyl (C=O) groups excluding carboxylic acids is 1. The van der Waals surface area contributed by atoms with E-state index >= 15 is 0 Å². The molecule has 4 rings (SSSR count). The van der Waals surface area contributed by atoms with Crippen molar-refractivity contribution in [2.45, 2.75) is 31.6 Å². The van der Waals surface area contributed by atoms with Gasteiger partial charge in [0.2, 0.25) is 0 Å². The maximum Gasteiger partial charge on any atom is 0.321 e. The van der Waals surface area contributed by atoms with E-state index in [2.05, 4.69) is 16.4 Å². The Balaban J connectivity index is 1.44. The SMILES string of the molecule is N#CC1CCN(C(=O)Nc2ccc3nc(C4CC4)sc3c2)CC1. The average molecular weight is 326 g/mol. The summed E-state index contributed by atoms with van der Waals surface area (Å²) < 4.78 is 1.13. The molecule has 1 aromatic heterocycles. The molecule has 2 aliphatic rings. The van der Waals surface area contributed by atoms with Crippen LogP contribution in [0.25, 0.3) is 10.2 Å². The Morgan fingerprint density at radius 1 is 1.30 bits per heavy atom. The van der Waals surface area contributed by atoms with Gasteiger partial charge in [-0.15, -0.1) is 11.3 Å². The lowest BCUT2D eigenvalue weighted by Gasteiger charge is -2.29. The Kier molecular flexibility index (Phi) is 3.66. The lowest BCUT2D eigenvalue weighted by atomic mass is 9.99. The first-order chi connectivity index (χ1) is 11.2. The molecular weight excluding hydrogens is 308 g/mol. The number of carbonyl (C=O) groups is 1. The number of hydrogen-bond acceptors (Lipinski definition) is 4. The Labute approximate surface area is 138 Å². The van der Waals surface area contributed by atoms with Crippen LogP contribution in [0.2, 0.25) is 0 Å². The van der Waals surface area contributed by atoms with Crippen LogP contribution in [-0.2, 0) is 0 Å². The van der Waals surface area contributed by atoms with Crippen LogP contribution in [-0.4, -0.2) is 29.0 Å². The molecule has 0 radical (unpaired) electrons. The molecule has 0 unspecified atom stereocenters. The van der Waals surface area contributed by atoms with Gasteiger partial charge >= 0.3 is 6.03 Å². The van der Waals surface area contributed by atoms with Crippen LogP contribution in [0, 0.1) is 17.2 Å². The van der Waals surface area contributed by atoms with Crippen LogP contribution in [0.15, 0.2) is 18.2 Å². The zero-order valence-electron chi connectivity index (χ0n) is 12.8. The van der Waals surface area contributed by atoms with Crippen LogP contribution in [0.3, 0.4) is 0 Å². The third-order valence-electron chi connectivity index (χ3n) is 4.55. The second-order valence-corrected chi connectivity index (χ2v) is 7.39. The molecule has 0 atom stereocenters. The van der Waals surface area contributed by atoms with E-state index in [1.807, 2.05) is 18.2 Å².